The number of thiazole rings is 1. The minimum atomic E-state index is -3.56. The Morgan fingerprint density at radius 3 is 2.85 bits per heavy atom. The third-order valence-electron chi connectivity index (χ3n) is 2.90. The first kappa shape index (κ1) is 15.7. The van der Waals surface area contributed by atoms with Gasteiger partial charge in [-0.15, -0.1) is 11.3 Å². The Morgan fingerprint density at radius 2 is 2.20 bits per heavy atom. The van der Waals surface area contributed by atoms with E-state index in [9.17, 15) is 13.5 Å². The Hall–Kier alpha value is -0.730. The molecule has 0 saturated heterocycles. The van der Waals surface area contributed by atoms with Crippen molar-refractivity contribution in [2.24, 2.45) is 0 Å². The van der Waals surface area contributed by atoms with E-state index < -0.39 is 16.1 Å². The van der Waals surface area contributed by atoms with Crippen LogP contribution in [0.25, 0.3) is 10.2 Å². The average molecular weight is 335 g/mol. The zero-order valence-corrected chi connectivity index (χ0v) is 13.5. The summed E-state index contributed by atoms with van der Waals surface area (Å²) in [5, 5.41) is 9.24. The smallest absolute Gasteiger partial charge is 0.242 e. The van der Waals surface area contributed by atoms with Crippen molar-refractivity contribution in [2.75, 3.05) is 13.6 Å². The van der Waals surface area contributed by atoms with Crippen molar-refractivity contribution in [1.82, 2.24) is 9.29 Å². The zero-order chi connectivity index (χ0) is 14.9. The van der Waals surface area contributed by atoms with E-state index in [1.54, 1.807) is 19.1 Å². The zero-order valence-electron chi connectivity index (χ0n) is 11.1. The normalized spacial score (nSPS) is 14.1. The van der Waals surface area contributed by atoms with E-state index in [0.29, 0.717) is 16.4 Å². The third kappa shape index (κ3) is 3.29. The minimum absolute atomic E-state index is 0.207. The largest absolute Gasteiger partial charge is 0.393 e. The summed E-state index contributed by atoms with van der Waals surface area (Å²) in [6.45, 7) is 1.90. The molecular weight excluding hydrogens is 320 g/mol. The summed E-state index contributed by atoms with van der Waals surface area (Å²) in [5.74, 6) is 0. The standard InChI is InChI=1S/C12H15ClN2O3S2/c1-8(16)5-6-15(2)20(17,18)9-3-4-10-11(7-9)19-12(13)14-10/h3-4,7-8,16H,5-6H2,1-2H3. The molecule has 5 nitrogen and oxygen atoms in total. The Balaban J connectivity index is 2.30. The van der Waals surface area contributed by atoms with Gasteiger partial charge in [-0.2, -0.15) is 0 Å². The number of aromatic nitrogens is 1. The molecule has 0 aliphatic carbocycles. The fourth-order valence-electron chi connectivity index (χ4n) is 1.71. The highest BCUT2D eigenvalue weighted by molar-refractivity contribution is 7.89. The van der Waals surface area contributed by atoms with Crippen LogP contribution in [0.4, 0.5) is 0 Å². The van der Waals surface area contributed by atoms with Gasteiger partial charge >= 0.3 is 0 Å². The maximum absolute atomic E-state index is 12.4. The molecule has 1 aromatic carbocycles. The molecule has 0 radical (unpaired) electrons. The summed E-state index contributed by atoms with van der Waals surface area (Å²) in [5.41, 5.74) is 0.686. The Kier molecular flexibility index (Phi) is 4.66. The summed E-state index contributed by atoms with van der Waals surface area (Å²) in [6, 6.07) is 4.74. The van der Waals surface area contributed by atoms with E-state index in [1.165, 1.54) is 28.8 Å². The second-order valence-corrected chi connectivity index (χ2v) is 8.22. The number of hydrogen-bond donors (Lipinski definition) is 1. The molecule has 8 heteroatoms. The van der Waals surface area contributed by atoms with Crippen molar-refractivity contribution in [3.63, 3.8) is 0 Å². The Morgan fingerprint density at radius 1 is 1.50 bits per heavy atom. The van der Waals surface area contributed by atoms with E-state index in [-0.39, 0.29) is 11.4 Å². The monoisotopic (exact) mass is 334 g/mol. The van der Waals surface area contributed by atoms with Gasteiger partial charge in [0.05, 0.1) is 21.2 Å². The lowest BCUT2D eigenvalue weighted by Gasteiger charge is -2.17. The number of rotatable bonds is 5. The summed E-state index contributed by atoms with van der Waals surface area (Å²) < 4.78 is 27.1. The molecule has 0 spiro atoms. The molecule has 2 rings (SSSR count). The molecule has 0 saturated carbocycles. The molecule has 1 atom stereocenters. The van der Waals surface area contributed by atoms with Gasteiger partial charge in [0.2, 0.25) is 10.0 Å². The van der Waals surface area contributed by atoms with Gasteiger partial charge in [-0.3, -0.25) is 0 Å². The van der Waals surface area contributed by atoms with Crippen molar-refractivity contribution < 1.29 is 13.5 Å². The molecule has 1 N–H and O–H groups in total. The van der Waals surface area contributed by atoms with Crippen LogP contribution < -0.4 is 0 Å². The number of nitrogens with zero attached hydrogens (tertiary/aromatic N) is 2. The van der Waals surface area contributed by atoms with Crippen LogP contribution in [0.1, 0.15) is 13.3 Å². The quantitative estimate of drug-likeness (QED) is 0.911. The van der Waals surface area contributed by atoms with Crippen LogP contribution in [0.15, 0.2) is 23.1 Å². The molecule has 0 aliphatic heterocycles. The Labute approximate surface area is 126 Å². The van der Waals surface area contributed by atoms with E-state index in [1.807, 2.05) is 0 Å². The SMILES string of the molecule is CC(O)CCN(C)S(=O)(=O)c1ccc2nc(Cl)sc2c1. The lowest BCUT2D eigenvalue weighted by molar-refractivity contribution is 0.177. The first-order valence-corrected chi connectivity index (χ1v) is 8.64. The molecule has 20 heavy (non-hydrogen) atoms. The first-order valence-electron chi connectivity index (χ1n) is 6.01. The second kappa shape index (κ2) is 5.95. The number of aliphatic hydroxyl groups excluding tert-OH is 1. The summed E-state index contributed by atoms with van der Waals surface area (Å²) in [4.78, 5) is 4.29. The number of aliphatic hydroxyl groups is 1. The van der Waals surface area contributed by atoms with Gasteiger partial charge in [0.1, 0.15) is 0 Å². The van der Waals surface area contributed by atoms with Gasteiger partial charge in [0.15, 0.2) is 4.47 Å². The highest BCUT2D eigenvalue weighted by Gasteiger charge is 2.21. The number of hydrogen-bond acceptors (Lipinski definition) is 5. The highest BCUT2D eigenvalue weighted by atomic mass is 35.5. The van der Waals surface area contributed by atoms with E-state index in [2.05, 4.69) is 4.98 Å². The molecule has 110 valence electrons. The van der Waals surface area contributed by atoms with Crippen LogP contribution in [0, 0.1) is 0 Å². The van der Waals surface area contributed by atoms with Crippen LogP contribution >= 0.6 is 22.9 Å². The van der Waals surface area contributed by atoms with Gasteiger partial charge in [-0.05, 0) is 31.5 Å². The van der Waals surface area contributed by atoms with Crippen LogP contribution in [0.2, 0.25) is 4.47 Å². The molecule has 0 fully saturated rings. The van der Waals surface area contributed by atoms with Crippen molar-refractivity contribution in [3.05, 3.63) is 22.7 Å². The van der Waals surface area contributed by atoms with Gasteiger partial charge < -0.3 is 5.11 Å². The van der Waals surface area contributed by atoms with Crippen molar-refractivity contribution >= 4 is 43.2 Å². The fourth-order valence-corrected chi connectivity index (χ4v) is 4.06. The minimum Gasteiger partial charge on any atom is -0.393 e. The molecular formula is C12H15ClN2O3S2. The molecule has 1 unspecified atom stereocenters. The van der Waals surface area contributed by atoms with E-state index in [4.69, 9.17) is 11.6 Å². The number of halogens is 1. The number of fused-ring (bicyclic) bond motifs is 1. The van der Waals surface area contributed by atoms with Crippen molar-refractivity contribution in [2.45, 2.75) is 24.3 Å². The maximum Gasteiger partial charge on any atom is 0.242 e. The summed E-state index contributed by atoms with van der Waals surface area (Å²) in [6.07, 6.45) is -0.139. The van der Waals surface area contributed by atoms with Crippen LogP contribution in [-0.2, 0) is 10.0 Å². The second-order valence-electron chi connectivity index (χ2n) is 4.56. The van der Waals surface area contributed by atoms with Gasteiger partial charge in [-0.1, -0.05) is 11.6 Å². The van der Waals surface area contributed by atoms with Crippen molar-refractivity contribution in [3.8, 4) is 0 Å². The van der Waals surface area contributed by atoms with Crippen molar-refractivity contribution in [1.29, 1.82) is 0 Å². The molecule has 2 aromatic rings. The van der Waals surface area contributed by atoms with Gasteiger partial charge in [0.25, 0.3) is 0 Å². The van der Waals surface area contributed by atoms with E-state index >= 15 is 0 Å². The topological polar surface area (TPSA) is 70.5 Å². The molecule has 1 heterocycles. The molecule has 0 aliphatic rings. The predicted octanol–water partition coefficient (Wildman–Crippen LogP) is 2.34. The lowest BCUT2D eigenvalue weighted by atomic mass is 10.3. The molecule has 0 bridgehead atoms. The predicted molar refractivity (Wildman–Crippen MR) is 80.7 cm³/mol. The summed E-state index contributed by atoms with van der Waals surface area (Å²) in [7, 11) is -2.06. The number of benzene rings is 1. The lowest BCUT2D eigenvalue weighted by Crippen LogP contribution is -2.29. The van der Waals surface area contributed by atoms with Crippen LogP contribution in [0.5, 0.6) is 0 Å². The maximum atomic E-state index is 12.4. The highest BCUT2D eigenvalue weighted by Crippen LogP contribution is 2.28. The van der Waals surface area contributed by atoms with Crippen LogP contribution in [0.3, 0.4) is 0 Å². The third-order valence-corrected chi connectivity index (χ3v) is 5.88. The van der Waals surface area contributed by atoms with E-state index in [0.717, 1.165) is 4.70 Å². The first-order chi connectivity index (χ1) is 9.30. The number of sulfonamides is 1. The average Bonchev–Trinajstić information content (AvgIpc) is 2.74. The molecule has 0 amide bonds. The van der Waals surface area contributed by atoms with Crippen LogP contribution in [-0.4, -0.2) is 42.5 Å². The fraction of sp³-hybridized carbons (Fsp3) is 0.417. The molecule has 1 aromatic heterocycles. The summed E-state index contributed by atoms with van der Waals surface area (Å²) >= 11 is 7.06. The Bertz CT molecular complexity index is 713. The van der Waals surface area contributed by atoms with Gasteiger partial charge in [0, 0.05) is 13.6 Å². The van der Waals surface area contributed by atoms with Gasteiger partial charge in [-0.25, -0.2) is 17.7 Å².